The topological polar surface area (TPSA) is 48.3 Å². The van der Waals surface area contributed by atoms with Gasteiger partial charge in [0.1, 0.15) is 5.84 Å². The predicted octanol–water partition coefficient (Wildman–Crippen LogP) is 3.63. The second kappa shape index (κ2) is 9.76. The van der Waals surface area contributed by atoms with Gasteiger partial charge in [-0.1, -0.05) is 49.0 Å². The lowest BCUT2D eigenvalue weighted by Gasteiger charge is -2.36. The number of aliphatic imine (C=N–C) groups is 1. The fourth-order valence-corrected chi connectivity index (χ4v) is 4.64. The van der Waals surface area contributed by atoms with Gasteiger partial charge in [0.25, 0.3) is 0 Å². The molecule has 1 N–H and O–H groups in total. The molecule has 0 bridgehead atoms. The van der Waals surface area contributed by atoms with Crippen LogP contribution in [-0.2, 0) is 4.74 Å². The minimum atomic E-state index is -0.346. The van der Waals surface area contributed by atoms with E-state index in [4.69, 9.17) is 9.73 Å². The van der Waals surface area contributed by atoms with Crippen molar-refractivity contribution in [2.45, 2.75) is 29.2 Å². The van der Waals surface area contributed by atoms with Crippen molar-refractivity contribution in [1.29, 1.82) is 0 Å². The molecule has 2 aromatic rings. The van der Waals surface area contributed by atoms with Crippen LogP contribution in [0.4, 0.5) is 5.69 Å². The molecule has 5 nitrogen and oxygen atoms in total. The van der Waals surface area contributed by atoms with Crippen molar-refractivity contribution in [3.8, 4) is 0 Å². The lowest BCUT2D eigenvalue weighted by Crippen LogP contribution is -2.49. The molecule has 2 aliphatic heterocycles. The summed E-state index contributed by atoms with van der Waals surface area (Å²) in [5.41, 5.74) is 2.27. The molecule has 4 rings (SSSR count). The van der Waals surface area contributed by atoms with Gasteiger partial charge in [0, 0.05) is 48.1 Å². The molecule has 0 amide bonds. The number of piperazine rings is 1. The first-order chi connectivity index (χ1) is 14.2. The van der Waals surface area contributed by atoms with Crippen molar-refractivity contribution in [2.75, 3.05) is 45.9 Å². The van der Waals surface area contributed by atoms with Gasteiger partial charge in [0.05, 0.1) is 25.0 Å². The van der Waals surface area contributed by atoms with E-state index < -0.39 is 0 Å². The summed E-state index contributed by atoms with van der Waals surface area (Å²) < 4.78 is 5.60. The Balaban J connectivity index is 1.42. The second-order valence-corrected chi connectivity index (χ2v) is 8.55. The summed E-state index contributed by atoms with van der Waals surface area (Å²) in [7, 11) is 0. The van der Waals surface area contributed by atoms with Crippen LogP contribution in [-0.4, -0.2) is 72.8 Å². The summed E-state index contributed by atoms with van der Waals surface area (Å²) in [4.78, 5) is 12.4. The van der Waals surface area contributed by atoms with Gasteiger partial charge >= 0.3 is 0 Å². The molecule has 0 spiro atoms. The Morgan fingerprint density at radius 2 is 1.76 bits per heavy atom. The van der Waals surface area contributed by atoms with Crippen LogP contribution in [0.1, 0.15) is 18.9 Å². The van der Waals surface area contributed by atoms with Crippen LogP contribution in [0.5, 0.6) is 0 Å². The van der Waals surface area contributed by atoms with Crippen molar-refractivity contribution >= 4 is 23.3 Å². The number of amidine groups is 1. The smallest absolute Gasteiger partial charge is 0.137 e. The van der Waals surface area contributed by atoms with Crippen LogP contribution in [0.25, 0.3) is 0 Å². The zero-order valence-corrected chi connectivity index (χ0v) is 17.8. The molecule has 0 radical (unpaired) electrons. The van der Waals surface area contributed by atoms with E-state index in [0.717, 1.165) is 50.7 Å². The summed E-state index contributed by atoms with van der Waals surface area (Å²) in [5, 5.41) is 9.59. The largest absolute Gasteiger partial charge is 0.391 e. The molecule has 0 aliphatic carbocycles. The minimum absolute atomic E-state index is 0.346. The zero-order chi connectivity index (χ0) is 20.1. The van der Waals surface area contributed by atoms with Crippen molar-refractivity contribution in [2.24, 2.45) is 4.99 Å². The van der Waals surface area contributed by atoms with Crippen molar-refractivity contribution in [3.05, 3.63) is 54.1 Å². The molecule has 0 saturated carbocycles. The molecule has 1 unspecified atom stereocenters. The van der Waals surface area contributed by atoms with Gasteiger partial charge < -0.3 is 14.7 Å². The summed E-state index contributed by atoms with van der Waals surface area (Å²) >= 11 is 1.80. The number of rotatable bonds is 6. The average molecular weight is 412 g/mol. The number of aliphatic hydroxyl groups is 1. The van der Waals surface area contributed by atoms with E-state index >= 15 is 0 Å². The van der Waals surface area contributed by atoms with Gasteiger partial charge in [-0.3, -0.25) is 4.90 Å². The number of ether oxygens (including phenoxy) is 1. The van der Waals surface area contributed by atoms with Crippen molar-refractivity contribution in [1.82, 2.24) is 9.80 Å². The predicted molar refractivity (Wildman–Crippen MR) is 118 cm³/mol. The molecule has 1 atom stereocenters. The lowest BCUT2D eigenvalue weighted by molar-refractivity contribution is 0.0223. The Hall–Kier alpha value is -1.86. The molecule has 29 heavy (non-hydrogen) atoms. The monoisotopic (exact) mass is 411 g/mol. The molecular weight excluding hydrogens is 382 g/mol. The molecule has 2 aromatic carbocycles. The number of para-hydroxylation sites is 1. The van der Waals surface area contributed by atoms with Crippen molar-refractivity contribution < 1.29 is 9.84 Å². The minimum Gasteiger partial charge on any atom is -0.391 e. The highest BCUT2D eigenvalue weighted by Crippen LogP contribution is 2.40. The Bertz CT molecular complexity index is 850. The zero-order valence-electron chi connectivity index (χ0n) is 17.0. The lowest BCUT2D eigenvalue weighted by atomic mass is 10.1. The first-order valence-electron chi connectivity index (χ1n) is 10.4. The fourth-order valence-electron chi connectivity index (χ4n) is 3.62. The van der Waals surface area contributed by atoms with Gasteiger partial charge in [-0.2, -0.15) is 0 Å². The van der Waals surface area contributed by atoms with E-state index in [1.807, 2.05) is 6.92 Å². The third-order valence-corrected chi connectivity index (χ3v) is 6.59. The molecule has 1 fully saturated rings. The number of hydrogen-bond acceptors (Lipinski definition) is 6. The maximum atomic E-state index is 9.59. The molecule has 2 heterocycles. The van der Waals surface area contributed by atoms with Gasteiger partial charge in [-0.05, 0) is 24.6 Å². The highest BCUT2D eigenvalue weighted by molar-refractivity contribution is 7.99. The molecule has 0 aromatic heterocycles. The van der Waals surface area contributed by atoms with Gasteiger partial charge in [-0.25, -0.2) is 4.99 Å². The Kier molecular flexibility index (Phi) is 6.87. The number of hydrogen-bond donors (Lipinski definition) is 1. The van der Waals surface area contributed by atoms with E-state index in [-0.39, 0.29) is 6.10 Å². The number of aliphatic hydroxyl groups excluding tert-OH is 1. The van der Waals surface area contributed by atoms with Crippen molar-refractivity contribution in [3.63, 3.8) is 0 Å². The maximum absolute atomic E-state index is 9.59. The SMILES string of the molecule is CCC(O)COCCN1CCN(C2=Nc3ccccc3Sc3ccccc32)CC1. The third-order valence-electron chi connectivity index (χ3n) is 5.44. The quantitative estimate of drug-likeness (QED) is 0.736. The van der Waals surface area contributed by atoms with E-state index in [2.05, 4.69) is 58.3 Å². The van der Waals surface area contributed by atoms with Crippen LogP contribution in [0.15, 0.2) is 63.3 Å². The summed E-state index contributed by atoms with van der Waals surface area (Å²) in [6.07, 6.45) is 0.393. The van der Waals surface area contributed by atoms with Crippen LogP contribution in [0.3, 0.4) is 0 Å². The highest BCUT2D eigenvalue weighted by Gasteiger charge is 2.25. The molecular formula is C23H29N3O2S. The number of nitrogens with zero attached hydrogens (tertiary/aromatic N) is 3. The Labute approximate surface area is 177 Å². The van der Waals surface area contributed by atoms with Gasteiger partial charge in [0.2, 0.25) is 0 Å². The van der Waals surface area contributed by atoms with E-state index in [1.54, 1.807) is 11.8 Å². The first kappa shape index (κ1) is 20.4. The highest BCUT2D eigenvalue weighted by atomic mass is 32.2. The second-order valence-electron chi connectivity index (χ2n) is 7.47. The number of fused-ring (bicyclic) bond motifs is 2. The first-order valence-corrected chi connectivity index (χ1v) is 11.2. The summed E-state index contributed by atoms with van der Waals surface area (Å²) in [6, 6.07) is 17.0. The normalized spacial score (nSPS) is 17.9. The van der Waals surface area contributed by atoms with E-state index in [9.17, 15) is 5.11 Å². The molecule has 1 saturated heterocycles. The Morgan fingerprint density at radius 1 is 1.03 bits per heavy atom. The average Bonchev–Trinajstić information content (AvgIpc) is 2.93. The number of benzene rings is 2. The molecule has 154 valence electrons. The van der Waals surface area contributed by atoms with Crippen LogP contribution < -0.4 is 0 Å². The Morgan fingerprint density at radius 3 is 2.55 bits per heavy atom. The molecule has 6 heteroatoms. The maximum Gasteiger partial charge on any atom is 0.137 e. The van der Waals surface area contributed by atoms with Crippen LogP contribution in [0, 0.1) is 0 Å². The van der Waals surface area contributed by atoms with E-state index in [0.29, 0.717) is 13.2 Å². The van der Waals surface area contributed by atoms with E-state index in [1.165, 1.54) is 15.4 Å². The van der Waals surface area contributed by atoms with Gasteiger partial charge in [0.15, 0.2) is 0 Å². The molecule has 2 aliphatic rings. The van der Waals surface area contributed by atoms with Crippen LogP contribution in [0.2, 0.25) is 0 Å². The standard InChI is InChI=1S/C23H29N3O2S/c1-2-18(27)17-28-16-15-25-11-13-26(14-12-25)23-19-7-3-5-9-21(19)29-22-10-6-4-8-20(22)24-23/h3-10,18,27H,2,11-17H2,1H3. The summed E-state index contributed by atoms with van der Waals surface area (Å²) in [5.74, 6) is 1.08. The fraction of sp³-hybridized carbons (Fsp3) is 0.435. The van der Waals surface area contributed by atoms with Crippen LogP contribution >= 0.6 is 11.8 Å². The third kappa shape index (κ3) is 5.01. The van der Waals surface area contributed by atoms with Gasteiger partial charge in [-0.15, -0.1) is 0 Å². The summed E-state index contributed by atoms with van der Waals surface area (Å²) in [6.45, 7) is 7.89.